The average molecular weight is 394 g/mol. The van der Waals surface area contributed by atoms with Gasteiger partial charge in [0.15, 0.2) is 6.61 Å². The molecule has 0 heterocycles. The molecule has 0 aliphatic carbocycles. The van der Waals surface area contributed by atoms with E-state index < -0.39 is 30.6 Å². The minimum Gasteiger partial charge on any atom is -0.452 e. The Balaban J connectivity index is 1.90. The topological polar surface area (TPSA) is 84.5 Å². The van der Waals surface area contributed by atoms with Crippen molar-refractivity contribution in [1.29, 1.82) is 0 Å². The summed E-state index contributed by atoms with van der Waals surface area (Å²) in [4.78, 5) is 34.9. The van der Waals surface area contributed by atoms with Gasteiger partial charge in [-0.05, 0) is 30.7 Å². The molecular weight excluding hydrogens is 377 g/mol. The minimum atomic E-state index is -5.05. The third-order valence-electron chi connectivity index (χ3n) is 3.63. The largest absolute Gasteiger partial charge is 0.471 e. The van der Waals surface area contributed by atoms with Crippen LogP contribution in [0.4, 0.5) is 18.9 Å². The summed E-state index contributed by atoms with van der Waals surface area (Å²) in [6, 6.07) is 13.6. The Morgan fingerprint density at radius 2 is 1.71 bits per heavy atom. The van der Waals surface area contributed by atoms with Gasteiger partial charge in [-0.1, -0.05) is 36.4 Å². The highest BCUT2D eigenvalue weighted by Gasteiger charge is 2.38. The molecule has 1 atom stereocenters. The van der Waals surface area contributed by atoms with E-state index in [4.69, 9.17) is 4.74 Å². The predicted molar refractivity (Wildman–Crippen MR) is 94.4 cm³/mol. The van der Waals surface area contributed by atoms with Crippen LogP contribution in [0.3, 0.4) is 0 Å². The molecule has 0 unspecified atom stereocenters. The van der Waals surface area contributed by atoms with Crippen LogP contribution in [0, 0.1) is 0 Å². The molecule has 0 saturated carbocycles. The first-order chi connectivity index (χ1) is 13.2. The quantitative estimate of drug-likeness (QED) is 0.737. The summed E-state index contributed by atoms with van der Waals surface area (Å²) >= 11 is 0. The summed E-state index contributed by atoms with van der Waals surface area (Å²) in [5.74, 6) is -3.61. The van der Waals surface area contributed by atoms with Crippen LogP contribution in [0.2, 0.25) is 0 Å². The number of anilines is 1. The van der Waals surface area contributed by atoms with Crippen molar-refractivity contribution in [2.75, 3.05) is 11.9 Å². The third kappa shape index (κ3) is 6.11. The fourth-order valence-electron chi connectivity index (χ4n) is 2.25. The number of nitrogens with one attached hydrogen (secondary N) is 2. The minimum absolute atomic E-state index is 0.108. The fourth-order valence-corrected chi connectivity index (χ4v) is 2.25. The number of alkyl halides is 3. The van der Waals surface area contributed by atoms with Crippen LogP contribution < -0.4 is 10.6 Å². The lowest BCUT2D eigenvalue weighted by atomic mass is 10.1. The van der Waals surface area contributed by atoms with Crippen molar-refractivity contribution >= 4 is 23.5 Å². The zero-order valence-electron chi connectivity index (χ0n) is 14.7. The Labute approximate surface area is 158 Å². The van der Waals surface area contributed by atoms with Gasteiger partial charge in [0.1, 0.15) is 0 Å². The van der Waals surface area contributed by atoms with E-state index in [1.807, 2.05) is 30.3 Å². The number of hydrogen-bond donors (Lipinski definition) is 2. The Hall–Kier alpha value is -3.36. The first-order valence-corrected chi connectivity index (χ1v) is 8.16. The summed E-state index contributed by atoms with van der Waals surface area (Å²) in [6.45, 7) is 1.21. The smallest absolute Gasteiger partial charge is 0.452 e. The second-order valence-electron chi connectivity index (χ2n) is 5.81. The first kappa shape index (κ1) is 20.9. The first-order valence-electron chi connectivity index (χ1n) is 8.16. The van der Waals surface area contributed by atoms with E-state index in [-0.39, 0.29) is 17.3 Å². The van der Waals surface area contributed by atoms with Crippen LogP contribution in [0.15, 0.2) is 54.6 Å². The van der Waals surface area contributed by atoms with Gasteiger partial charge >= 0.3 is 18.1 Å². The van der Waals surface area contributed by atoms with Crippen molar-refractivity contribution in [2.24, 2.45) is 0 Å². The number of carbonyl (C=O) groups excluding carboxylic acids is 3. The van der Waals surface area contributed by atoms with Gasteiger partial charge < -0.3 is 15.4 Å². The van der Waals surface area contributed by atoms with Gasteiger partial charge in [-0.2, -0.15) is 13.2 Å². The van der Waals surface area contributed by atoms with Crippen LogP contribution >= 0.6 is 0 Å². The summed E-state index contributed by atoms with van der Waals surface area (Å²) < 4.78 is 41.7. The number of ether oxygens (including phenoxy) is 1. The summed E-state index contributed by atoms with van der Waals surface area (Å²) in [6.07, 6.45) is -5.05. The van der Waals surface area contributed by atoms with Crippen molar-refractivity contribution in [3.63, 3.8) is 0 Å². The Kier molecular flexibility index (Phi) is 6.75. The summed E-state index contributed by atoms with van der Waals surface area (Å²) in [5, 5.41) is 4.29. The number of amides is 2. The molecular formula is C19H17F3N2O4. The predicted octanol–water partition coefficient (Wildman–Crippen LogP) is 3.22. The molecule has 0 aliphatic heterocycles. The van der Waals surface area contributed by atoms with Crippen molar-refractivity contribution in [3.8, 4) is 0 Å². The van der Waals surface area contributed by atoms with Crippen LogP contribution in [0.1, 0.15) is 28.9 Å². The molecule has 2 rings (SSSR count). The average Bonchev–Trinajstić information content (AvgIpc) is 2.66. The fraction of sp³-hybridized carbons (Fsp3) is 0.211. The molecule has 0 bridgehead atoms. The highest BCUT2D eigenvalue weighted by atomic mass is 19.4. The second-order valence-corrected chi connectivity index (χ2v) is 5.81. The zero-order chi connectivity index (χ0) is 20.7. The number of benzene rings is 2. The zero-order valence-corrected chi connectivity index (χ0v) is 14.7. The monoisotopic (exact) mass is 394 g/mol. The lowest BCUT2D eigenvalue weighted by Gasteiger charge is -2.14. The normalized spacial score (nSPS) is 12.0. The molecule has 0 aliphatic rings. The number of hydrogen-bond acceptors (Lipinski definition) is 4. The van der Waals surface area contributed by atoms with Crippen molar-refractivity contribution in [2.45, 2.75) is 19.1 Å². The number of carbonyl (C=O) groups is 3. The SMILES string of the molecule is C[C@H](NC(=O)COC(=O)c1cccc(NC(=O)C(F)(F)F)c1)c1ccccc1. The van der Waals surface area contributed by atoms with Gasteiger partial charge in [0, 0.05) is 5.69 Å². The van der Waals surface area contributed by atoms with E-state index in [1.54, 1.807) is 12.2 Å². The molecule has 2 aromatic carbocycles. The van der Waals surface area contributed by atoms with Crippen LogP contribution in [-0.4, -0.2) is 30.6 Å². The standard InChI is InChI=1S/C19H17F3N2O4/c1-12(13-6-3-2-4-7-13)23-16(25)11-28-17(26)14-8-5-9-15(10-14)24-18(27)19(20,21)22/h2-10,12H,11H2,1H3,(H,23,25)(H,24,27)/t12-/m0/s1. The van der Waals surface area contributed by atoms with Gasteiger partial charge in [0.2, 0.25) is 0 Å². The van der Waals surface area contributed by atoms with Crippen LogP contribution in [0.5, 0.6) is 0 Å². The number of rotatable bonds is 6. The molecule has 6 nitrogen and oxygen atoms in total. The van der Waals surface area contributed by atoms with Crippen molar-refractivity contribution in [1.82, 2.24) is 5.32 Å². The van der Waals surface area contributed by atoms with Crippen molar-refractivity contribution in [3.05, 3.63) is 65.7 Å². The molecule has 9 heteroatoms. The molecule has 2 amide bonds. The van der Waals surface area contributed by atoms with E-state index in [1.165, 1.54) is 18.2 Å². The van der Waals surface area contributed by atoms with E-state index in [2.05, 4.69) is 5.32 Å². The molecule has 28 heavy (non-hydrogen) atoms. The van der Waals surface area contributed by atoms with E-state index in [9.17, 15) is 27.6 Å². The number of halogens is 3. The molecule has 2 N–H and O–H groups in total. The number of esters is 1. The van der Waals surface area contributed by atoms with Gasteiger partial charge in [-0.3, -0.25) is 9.59 Å². The molecule has 0 fully saturated rings. The lowest BCUT2D eigenvalue weighted by Crippen LogP contribution is -2.31. The Morgan fingerprint density at radius 3 is 2.36 bits per heavy atom. The van der Waals surface area contributed by atoms with Gasteiger partial charge in [0.05, 0.1) is 11.6 Å². The maximum absolute atomic E-state index is 12.3. The van der Waals surface area contributed by atoms with Gasteiger partial charge in [0.25, 0.3) is 5.91 Å². The maximum Gasteiger partial charge on any atom is 0.471 e. The third-order valence-corrected chi connectivity index (χ3v) is 3.63. The van der Waals surface area contributed by atoms with Crippen molar-refractivity contribution < 1.29 is 32.3 Å². The highest BCUT2D eigenvalue weighted by Crippen LogP contribution is 2.19. The van der Waals surface area contributed by atoms with Crippen LogP contribution in [0.25, 0.3) is 0 Å². The Bertz CT molecular complexity index is 854. The summed E-state index contributed by atoms with van der Waals surface area (Å²) in [7, 11) is 0. The lowest BCUT2D eigenvalue weighted by molar-refractivity contribution is -0.167. The van der Waals surface area contributed by atoms with Crippen LogP contribution in [-0.2, 0) is 14.3 Å². The van der Waals surface area contributed by atoms with E-state index >= 15 is 0 Å². The van der Waals surface area contributed by atoms with E-state index in [0.717, 1.165) is 11.6 Å². The molecule has 0 radical (unpaired) electrons. The molecule has 2 aromatic rings. The maximum atomic E-state index is 12.3. The Morgan fingerprint density at radius 1 is 1.04 bits per heavy atom. The molecule has 0 aromatic heterocycles. The van der Waals surface area contributed by atoms with E-state index in [0.29, 0.717) is 0 Å². The highest BCUT2D eigenvalue weighted by molar-refractivity contribution is 5.97. The van der Waals surface area contributed by atoms with Gasteiger partial charge in [-0.15, -0.1) is 0 Å². The molecule has 0 saturated heterocycles. The molecule has 148 valence electrons. The second kappa shape index (κ2) is 9.03. The molecule has 0 spiro atoms. The van der Waals surface area contributed by atoms with Gasteiger partial charge in [-0.25, -0.2) is 4.79 Å². The summed E-state index contributed by atoms with van der Waals surface area (Å²) in [5.41, 5.74) is 0.540.